The van der Waals surface area contributed by atoms with Crippen molar-refractivity contribution in [3.8, 4) is 0 Å². The average Bonchev–Trinajstić information content (AvgIpc) is 3.16. The van der Waals surface area contributed by atoms with Gasteiger partial charge in [0.25, 0.3) is 0 Å². The molecule has 2 N–H and O–H groups in total. The van der Waals surface area contributed by atoms with E-state index < -0.39 is 5.41 Å². The predicted molar refractivity (Wildman–Crippen MR) is 105 cm³/mol. The molecule has 0 saturated heterocycles. The number of rotatable bonds is 7. The lowest BCUT2D eigenvalue weighted by molar-refractivity contribution is -0.123. The molecule has 0 spiro atoms. The molecule has 2 nitrogen and oxygen atoms in total. The molecule has 1 heterocycles. The van der Waals surface area contributed by atoms with Crippen LogP contribution in [0.1, 0.15) is 29.3 Å². The topological polar surface area (TPSA) is 43.1 Å². The molecule has 0 bridgehead atoms. The summed E-state index contributed by atoms with van der Waals surface area (Å²) in [5, 5.41) is 2.09. The second-order valence-corrected chi connectivity index (χ2v) is 7.46. The van der Waals surface area contributed by atoms with Gasteiger partial charge in [-0.2, -0.15) is 0 Å². The van der Waals surface area contributed by atoms with Crippen LogP contribution in [0.2, 0.25) is 0 Å². The Bertz CT molecular complexity index is 757. The third kappa shape index (κ3) is 3.38. The molecule has 25 heavy (non-hydrogen) atoms. The molecule has 0 aliphatic rings. The first-order chi connectivity index (χ1) is 12.2. The monoisotopic (exact) mass is 349 g/mol. The van der Waals surface area contributed by atoms with Crippen LogP contribution in [0.3, 0.4) is 0 Å². The van der Waals surface area contributed by atoms with Crippen LogP contribution in [-0.2, 0) is 16.6 Å². The lowest BCUT2D eigenvalue weighted by atomic mass is 9.64. The first kappa shape index (κ1) is 17.4. The Kier molecular flexibility index (Phi) is 5.34. The van der Waals surface area contributed by atoms with Crippen LogP contribution < -0.4 is 5.73 Å². The number of hydrogen-bond donors (Lipinski definition) is 1. The summed E-state index contributed by atoms with van der Waals surface area (Å²) in [6.07, 6.45) is 1.85. The molecule has 0 aliphatic carbocycles. The van der Waals surface area contributed by atoms with Crippen LogP contribution in [0.15, 0.2) is 78.2 Å². The van der Waals surface area contributed by atoms with Crippen molar-refractivity contribution in [2.45, 2.75) is 25.2 Å². The highest BCUT2D eigenvalue weighted by Crippen LogP contribution is 2.41. The third-order valence-electron chi connectivity index (χ3n) is 4.99. The van der Waals surface area contributed by atoms with Crippen molar-refractivity contribution in [3.05, 3.63) is 94.2 Å². The second kappa shape index (κ2) is 7.66. The standard InChI is InChI=1S/C22H23NOS/c1-17(14-15-20-13-8-16-25-20)22(21(23)24,18-9-4-2-5-10-18)19-11-6-3-7-12-19/h2-13,16-17H,14-15H2,1H3,(H2,23,24). The minimum atomic E-state index is -0.820. The van der Waals surface area contributed by atoms with Crippen LogP contribution in [0.5, 0.6) is 0 Å². The van der Waals surface area contributed by atoms with Crippen molar-refractivity contribution in [3.63, 3.8) is 0 Å². The fraction of sp³-hybridized carbons (Fsp3) is 0.227. The van der Waals surface area contributed by atoms with Gasteiger partial charge in [0.05, 0.1) is 0 Å². The van der Waals surface area contributed by atoms with E-state index in [4.69, 9.17) is 5.73 Å². The van der Waals surface area contributed by atoms with E-state index >= 15 is 0 Å². The number of carbonyl (C=O) groups excluding carboxylic acids is 1. The normalized spacial score (nSPS) is 12.7. The lowest BCUT2D eigenvalue weighted by Gasteiger charge is -2.37. The highest BCUT2D eigenvalue weighted by Gasteiger charge is 2.44. The maximum atomic E-state index is 12.8. The van der Waals surface area contributed by atoms with Crippen molar-refractivity contribution in [2.75, 3.05) is 0 Å². The quantitative estimate of drug-likeness (QED) is 0.655. The number of carbonyl (C=O) groups is 1. The summed E-state index contributed by atoms with van der Waals surface area (Å²) in [4.78, 5) is 14.2. The molecule has 0 fully saturated rings. The van der Waals surface area contributed by atoms with Gasteiger partial charge < -0.3 is 5.73 Å². The van der Waals surface area contributed by atoms with Gasteiger partial charge in [0.1, 0.15) is 5.41 Å². The fourth-order valence-electron chi connectivity index (χ4n) is 3.70. The summed E-state index contributed by atoms with van der Waals surface area (Å²) < 4.78 is 0. The van der Waals surface area contributed by atoms with Crippen LogP contribution in [-0.4, -0.2) is 5.91 Å². The van der Waals surface area contributed by atoms with E-state index in [0.29, 0.717) is 0 Å². The van der Waals surface area contributed by atoms with E-state index in [2.05, 4.69) is 24.4 Å². The van der Waals surface area contributed by atoms with Crippen molar-refractivity contribution in [2.24, 2.45) is 11.7 Å². The Labute approximate surface area is 153 Å². The maximum absolute atomic E-state index is 12.8. The van der Waals surface area contributed by atoms with Gasteiger partial charge in [-0.3, -0.25) is 4.79 Å². The van der Waals surface area contributed by atoms with Crippen molar-refractivity contribution in [1.82, 2.24) is 0 Å². The molecular formula is C22H23NOS. The minimum Gasteiger partial charge on any atom is -0.369 e. The first-order valence-corrected chi connectivity index (χ1v) is 9.47. The second-order valence-electron chi connectivity index (χ2n) is 6.42. The Morgan fingerprint density at radius 2 is 1.52 bits per heavy atom. The summed E-state index contributed by atoms with van der Waals surface area (Å²) >= 11 is 1.76. The summed E-state index contributed by atoms with van der Waals surface area (Å²) in [6.45, 7) is 2.14. The molecule has 1 unspecified atom stereocenters. The van der Waals surface area contributed by atoms with Gasteiger partial charge in [-0.15, -0.1) is 11.3 Å². The van der Waals surface area contributed by atoms with E-state index in [-0.39, 0.29) is 11.8 Å². The van der Waals surface area contributed by atoms with Gasteiger partial charge in [0.2, 0.25) is 5.91 Å². The molecule has 3 aromatic rings. The molecule has 1 amide bonds. The van der Waals surface area contributed by atoms with Gasteiger partial charge in [-0.05, 0) is 41.3 Å². The number of thiophene rings is 1. The van der Waals surface area contributed by atoms with Crippen LogP contribution in [0, 0.1) is 5.92 Å². The summed E-state index contributed by atoms with van der Waals surface area (Å²) in [6, 6.07) is 24.1. The molecular weight excluding hydrogens is 326 g/mol. The third-order valence-corrected chi connectivity index (χ3v) is 5.93. The van der Waals surface area contributed by atoms with Crippen molar-refractivity contribution in [1.29, 1.82) is 0 Å². The minimum absolute atomic E-state index is 0.0805. The Balaban J connectivity index is 2.05. The van der Waals surface area contributed by atoms with E-state index in [1.165, 1.54) is 4.88 Å². The van der Waals surface area contributed by atoms with Gasteiger partial charge in [0, 0.05) is 4.88 Å². The molecule has 3 heteroatoms. The molecule has 2 aromatic carbocycles. The number of hydrogen-bond acceptors (Lipinski definition) is 2. The summed E-state index contributed by atoms with van der Waals surface area (Å²) in [5.74, 6) is -0.208. The Morgan fingerprint density at radius 3 is 1.96 bits per heavy atom. The Morgan fingerprint density at radius 1 is 0.960 bits per heavy atom. The van der Waals surface area contributed by atoms with Gasteiger partial charge >= 0.3 is 0 Å². The highest BCUT2D eigenvalue weighted by molar-refractivity contribution is 7.09. The molecule has 0 aliphatic heterocycles. The zero-order valence-corrected chi connectivity index (χ0v) is 15.2. The zero-order chi connectivity index (χ0) is 17.7. The molecule has 1 aromatic heterocycles. The smallest absolute Gasteiger partial charge is 0.232 e. The number of amides is 1. The maximum Gasteiger partial charge on any atom is 0.232 e. The summed E-state index contributed by atoms with van der Waals surface area (Å²) in [7, 11) is 0. The van der Waals surface area contributed by atoms with Crippen LogP contribution in [0.25, 0.3) is 0 Å². The van der Waals surface area contributed by atoms with Crippen molar-refractivity contribution >= 4 is 17.2 Å². The largest absolute Gasteiger partial charge is 0.369 e. The number of primary amides is 1. The molecule has 0 radical (unpaired) electrons. The SMILES string of the molecule is CC(CCc1cccs1)C(C(N)=O)(c1ccccc1)c1ccccc1. The fourth-order valence-corrected chi connectivity index (χ4v) is 4.42. The number of aryl methyl sites for hydroxylation is 1. The van der Waals surface area contributed by atoms with E-state index in [1.54, 1.807) is 11.3 Å². The first-order valence-electron chi connectivity index (χ1n) is 8.59. The van der Waals surface area contributed by atoms with E-state index in [9.17, 15) is 4.79 Å². The number of benzene rings is 2. The van der Waals surface area contributed by atoms with Gasteiger partial charge in [0.15, 0.2) is 0 Å². The van der Waals surface area contributed by atoms with Crippen LogP contribution in [0.4, 0.5) is 0 Å². The molecule has 1 atom stereocenters. The van der Waals surface area contributed by atoms with E-state index in [0.717, 1.165) is 24.0 Å². The zero-order valence-electron chi connectivity index (χ0n) is 14.4. The van der Waals surface area contributed by atoms with E-state index in [1.807, 2.05) is 60.7 Å². The lowest BCUT2D eigenvalue weighted by Crippen LogP contribution is -2.47. The molecule has 128 valence electrons. The molecule has 0 saturated carbocycles. The highest BCUT2D eigenvalue weighted by atomic mass is 32.1. The van der Waals surface area contributed by atoms with Crippen LogP contribution >= 0.6 is 11.3 Å². The van der Waals surface area contributed by atoms with Gasteiger partial charge in [-0.1, -0.05) is 73.7 Å². The van der Waals surface area contributed by atoms with Crippen molar-refractivity contribution < 1.29 is 4.79 Å². The van der Waals surface area contributed by atoms with Gasteiger partial charge in [-0.25, -0.2) is 0 Å². The predicted octanol–water partition coefficient (Wildman–Crippen LogP) is 4.79. The Hall–Kier alpha value is -2.39. The summed E-state index contributed by atoms with van der Waals surface area (Å²) in [5.41, 5.74) is 7.16. The molecule has 3 rings (SSSR count). The number of nitrogens with two attached hydrogens (primary N) is 1. The average molecular weight is 349 g/mol.